The lowest BCUT2D eigenvalue weighted by Crippen LogP contribution is -2.08. The van der Waals surface area contributed by atoms with Gasteiger partial charge >= 0.3 is 16.1 Å². The van der Waals surface area contributed by atoms with Gasteiger partial charge in [0.25, 0.3) is 0 Å². The number of esters is 1. The maximum Gasteiger partial charge on any atom is 0.348 e. The number of carbonyl (C=O) groups excluding carboxylic acids is 1. The predicted molar refractivity (Wildman–Crippen MR) is 82.2 cm³/mol. The molecule has 1 heterocycles. The average Bonchev–Trinajstić information content (AvgIpc) is 2.87. The lowest BCUT2D eigenvalue weighted by atomic mass is 10.2. The van der Waals surface area contributed by atoms with Crippen LogP contribution >= 0.6 is 27.3 Å². The number of carbonyl (C=O) groups is 1. The summed E-state index contributed by atoms with van der Waals surface area (Å²) in [6, 6.07) is 8.81. The van der Waals surface area contributed by atoms with Crippen molar-refractivity contribution in [3.05, 3.63) is 45.7 Å². The Bertz CT molecular complexity index is 734. The van der Waals surface area contributed by atoms with Crippen LogP contribution in [0.2, 0.25) is 0 Å². The highest BCUT2D eigenvalue weighted by atomic mass is 79.9. The third-order valence-electron chi connectivity index (χ3n) is 2.37. The first-order valence-corrected chi connectivity index (χ1v) is 8.91. The first-order chi connectivity index (χ1) is 9.92. The van der Waals surface area contributed by atoms with Crippen molar-refractivity contribution >= 4 is 43.4 Å². The van der Waals surface area contributed by atoms with Crippen LogP contribution in [0.5, 0.6) is 5.75 Å². The van der Waals surface area contributed by atoms with Crippen LogP contribution < -0.4 is 4.18 Å². The first kappa shape index (κ1) is 16.0. The molecule has 0 fully saturated rings. The lowest BCUT2D eigenvalue weighted by Gasteiger charge is -2.06. The summed E-state index contributed by atoms with van der Waals surface area (Å²) in [5.74, 6) is -0.332. The second-order valence-corrected chi connectivity index (χ2v) is 8.08. The van der Waals surface area contributed by atoms with Crippen LogP contribution in [0, 0.1) is 0 Å². The maximum atomic E-state index is 12.0. The van der Waals surface area contributed by atoms with Crippen molar-refractivity contribution in [3.63, 3.8) is 0 Å². The Morgan fingerprint density at radius 2 is 1.86 bits per heavy atom. The smallest absolute Gasteiger partial charge is 0.348 e. The molecule has 0 unspecified atom stereocenters. The monoisotopic (exact) mass is 390 g/mol. The predicted octanol–water partition coefficient (Wildman–Crippen LogP) is 3.46. The summed E-state index contributed by atoms with van der Waals surface area (Å²) in [5.41, 5.74) is 0.334. The van der Waals surface area contributed by atoms with Gasteiger partial charge in [0.15, 0.2) is 4.21 Å². The summed E-state index contributed by atoms with van der Waals surface area (Å²) < 4.78 is 34.7. The molecule has 0 aliphatic heterocycles. The molecule has 0 amide bonds. The Balaban J connectivity index is 2.15. The van der Waals surface area contributed by atoms with Gasteiger partial charge in [0.2, 0.25) is 0 Å². The van der Waals surface area contributed by atoms with E-state index in [4.69, 9.17) is 8.92 Å². The minimum atomic E-state index is -3.86. The molecule has 8 heteroatoms. The Morgan fingerprint density at radius 3 is 2.38 bits per heavy atom. The topological polar surface area (TPSA) is 69.7 Å². The molecule has 0 radical (unpaired) electrons. The average molecular weight is 391 g/mol. The second kappa shape index (κ2) is 6.59. The van der Waals surface area contributed by atoms with Crippen LogP contribution in [0.3, 0.4) is 0 Å². The van der Waals surface area contributed by atoms with E-state index in [-0.39, 0.29) is 16.6 Å². The molecule has 0 saturated carbocycles. The Labute approximate surface area is 134 Å². The van der Waals surface area contributed by atoms with Crippen molar-refractivity contribution in [2.45, 2.75) is 11.1 Å². The van der Waals surface area contributed by atoms with Crippen LogP contribution in [0.25, 0.3) is 0 Å². The van der Waals surface area contributed by atoms with E-state index in [1.54, 1.807) is 13.0 Å². The molecule has 0 N–H and O–H groups in total. The molecule has 0 aliphatic rings. The molecular formula is C13H11BrO5S2. The van der Waals surface area contributed by atoms with Crippen molar-refractivity contribution in [1.82, 2.24) is 0 Å². The number of thiophene rings is 1. The van der Waals surface area contributed by atoms with Gasteiger partial charge in [-0.05, 0) is 59.3 Å². The van der Waals surface area contributed by atoms with Gasteiger partial charge in [-0.3, -0.25) is 0 Å². The normalized spacial score (nSPS) is 11.1. The van der Waals surface area contributed by atoms with Crippen LogP contribution in [-0.4, -0.2) is 21.0 Å². The van der Waals surface area contributed by atoms with Gasteiger partial charge in [-0.25, -0.2) is 4.79 Å². The van der Waals surface area contributed by atoms with Crippen molar-refractivity contribution in [2.24, 2.45) is 0 Å². The van der Waals surface area contributed by atoms with Crippen LogP contribution in [0.15, 0.2) is 44.4 Å². The summed E-state index contributed by atoms with van der Waals surface area (Å²) in [5, 5.41) is 0. The summed E-state index contributed by atoms with van der Waals surface area (Å²) in [4.78, 5) is 11.5. The van der Waals surface area contributed by atoms with Crippen LogP contribution in [0.4, 0.5) is 0 Å². The number of rotatable bonds is 5. The summed E-state index contributed by atoms with van der Waals surface area (Å²) in [6.45, 7) is 1.99. The molecule has 0 bridgehead atoms. The zero-order valence-corrected chi connectivity index (χ0v) is 14.1. The van der Waals surface area contributed by atoms with E-state index >= 15 is 0 Å². The molecule has 2 rings (SSSR count). The fourth-order valence-electron chi connectivity index (χ4n) is 1.46. The quantitative estimate of drug-likeness (QED) is 0.577. The minimum Gasteiger partial charge on any atom is -0.462 e. The van der Waals surface area contributed by atoms with E-state index in [0.29, 0.717) is 9.35 Å². The number of benzene rings is 1. The van der Waals surface area contributed by atoms with E-state index in [9.17, 15) is 13.2 Å². The number of halogens is 1. The third kappa shape index (κ3) is 4.05. The number of hydrogen-bond donors (Lipinski definition) is 0. The summed E-state index contributed by atoms with van der Waals surface area (Å²) in [7, 11) is -3.86. The second-order valence-electron chi connectivity index (χ2n) is 3.84. The van der Waals surface area contributed by atoms with Crippen LogP contribution in [-0.2, 0) is 14.9 Å². The van der Waals surface area contributed by atoms with Crippen LogP contribution in [0.1, 0.15) is 17.3 Å². The van der Waals surface area contributed by atoms with Crippen molar-refractivity contribution in [2.75, 3.05) is 6.61 Å². The Kier molecular flexibility index (Phi) is 5.02. The minimum absolute atomic E-state index is 0.101. The molecule has 21 heavy (non-hydrogen) atoms. The molecule has 1 aromatic heterocycles. The van der Waals surface area contributed by atoms with Gasteiger partial charge in [-0.2, -0.15) is 8.42 Å². The van der Waals surface area contributed by atoms with Gasteiger partial charge in [0, 0.05) is 0 Å². The molecule has 0 saturated heterocycles. The van der Waals surface area contributed by atoms with E-state index in [1.165, 1.54) is 30.3 Å². The van der Waals surface area contributed by atoms with E-state index < -0.39 is 16.1 Å². The molecule has 112 valence electrons. The van der Waals surface area contributed by atoms with E-state index in [0.717, 1.165) is 11.3 Å². The molecule has 0 atom stereocenters. The standard InChI is InChI=1S/C13H11BrO5S2/c1-2-18-13(15)9-3-5-10(6-4-9)19-21(16,17)12-8-7-11(14)20-12/h3-8H,2H2,1H3. The molecular weight excluding hydrogens is 380 g/mol. The fourth-order valence-corrected chi connectivity index (χ4v) is 4.36. The summed E-state index contributed by atoms with van der Waals surface area (Å²) >= 11 is 4.26. The van der Waals surface area contributed by atoms with Gasteiger partial charge < -0.3 is 8.92 Å². The SMILES string of the molecule is CCOC(=O)c1ccc(OS(=O)(=O)c2ccc(Br)s2)cc1. The van der Waals surface area contributed by atoms with Gasteiger partial charge in [0.05, 0.1) is 16.0 Å². The van der Waals surface area contributed by atoms with E-state index in [2.05, 4.69) is 15.9 Å². The van der Waals surface area contributed by atoms with Gasteiger partial charge in [-0.1, -0.05) is 0 Å². The largest absolute Gasteiger partial charge is 0.462 e. The highest BCUT2D eigenvalue weighted by Crippen LogP contribution is 2.28. The van der Waals surface area contributed by atoms with E-state index in [1.807, 2.05) is 0 Å². The number of hydrogen-bond acceptors (Lipinski definition) is 6. The molecule has 2 aromatic rings. The van der Waals surface area contributed by atoms with Crippen molar-refractivity contribution in [1.29, 1.82) is 0 Å². The van der Waals surface area contributed by atoms with Gasteiger partial charge in [-0.15, -0.1) is 11.3 Å². The highest BCUT2D eigenvalue weighted by Gasteiger charge is 2.19. The lowest BCUT2D eigenvalue weighted by molar-refractivity contribution is 0.0526. The summed E-state index contributed by atoms with van der Waals surface area (Å²) in [6.07, 6.45) is 0. The number of ether oxygens (including phenoxy) is 1. The Morgan fingerprint density at radius 1 is 1.19 bits per heavy atom. The first-order valence-electron chi connectivity index (χ1n) is 5.89. The molecule has 0 aliphatic carbocycles. The Hall–Kier alpha value is -1.38. The third-order valence-corrected chi connectivity index (χ3v) is 5.69. The molecule has 5 nitrogen and oxygen atoms in total. The fraction of sp³-hybridized carbons (Fsp3) is 0.154. The van der Waals surface area contributed by atoms with Crippen molar-refractivity contribution in [3.8, 4) is 5.75 Å². The molecule has 0 spiro atoms. The zero-order valence-electron chi connectivity index (χ0n) is 10.9. The molecule has 1 aromatic carbocycles. The highest BCUT2D eigenvalue weighted by molar-refractivity contribution is 9.11. The zero-order chi connectivity index (χ0) is 15.5. The maximum absolute atomic E-state index is 12.0. The van der Waals surface area contributed by atoms with Gasteiger partial charge in [0.1, 0.15) is 5.75 Å². The van der Waals surface area contributed by atoms with Crippen molar-refractivity contribution < 1.29 is 22.1 Å².